The monoisotopic (exact) mass is 403 g/mol. The Bertz CT molecular complexity index is 909. The molecular formula is C18H17N3O4S2. The summed E-state index contributed by atoms with van der Waals surface area (Å²) < 4.78 is 10.1. The molecule has 2 heterocycles. The number of amides is 1. The lowest BCUT2D eigenvalue weighted by Crippen LogP contribution is -2.21. The van der Waals surface area contributed by atoms with E-state index < -0.39 is 5.97 Å². The minimum absolute atomic E-state index is 0.0563. The van der Waals surface area contributed by atoms with Gasteiger partial charge in [0.15, 0.2) is 6.61 Å². The van der Waals surface area contributed by atoms with Crippen LogP contribution in [0.5, 0.6) is 0 Å². The summed E-state index contributed by atoms with van der Waals surface area (Å²) in [5.41, 5.74) is 0.693. The van der Waals surface area contributed by atoms with Crippen molar-refractivity contribution >= 4 is 40.7 Å². The van der Waals surface area contributed by atoms with Gasteiger partial charge in [0.1, 0.15) is 0 Å². The first-order chi connectivity index (χ1) is 13.2. The van der Waals surface area contributed by atoms with E-state index in [9.17, 15) is 9.59 Å². The Labute approximate surface area is 164 Å². The molecule has 3 aromatic rings. The van der Waals surface area contributed by atoms with Crippen LogP contribution in [0.3, 0.4) is 0 Å². The van der Waals surface area contributed by atoms with E-state index in [0.717, 1.165) is 9.77 Å². The van der Waals surface area contributed by atoms with Crippen molar-refractivity contribution in [1.82, 2.24) is 10.1 Å². The van der Waals surface area contributed by atoms with Crippen molar-refractivity contribution in [3.8, 4) is 10.7 Å². The number of esters is 1. The van der Waals surface area contributed by atoms with E-state index in [2.05, 4.69) is 15.5 Å². The van der Waals surface area contributed by atoms with Gasteiger partial charge in [-0.25, -0.2) is 0 Å². The third-order valence-electron chi connectivity index (χ3n) is 3.50. The van der Waals surface area contributed by atoms with Crippen molar-refractivity contribution < 1.29 is 18.8 Å². The molecule has 1 aromatic carbocycles. The Morgan fingerprint density at radius 2 is 2.11 bits per heavy atom. The standard InChI is InChI=1S/C18H17N3O4S2/c1-26-13-6-3-2-5-12(13)19-15(22)11-24-17(23)9-8-16-20-18(21-25-16)14-7-4-10-27-14/h2-7,10H,8-9,11H2,1H3,(H,19,22). The second-order valence-electron chi connectivity index (χ2n) is 5.40. The maximum Gasteiger partial charge on any atom is 0.306 e. The fraction of sp³-hybridized carbons (Fsp3) is 0.222. The van der Waals surface area contributed by atoms with Crippen LogP contribution < -0.4 is 5.32 Å². The predicted molar refractivity (Wildman–Crippen MR) is 104 cm³/mol. The van der Waals surface area contributed by atoms with Crippen molar-refractivity contribution in [2.45, 2.75) is 17.7 Å². The van der Waals surface area contributed by atoms with E-state index in [0.29, 0.717) is 17.4 Å². The average Bonchev–Trinajstić information content (AvgIpc) is 3.36. The summed E-state index contributed by atoms with van der Waals surface area (Å²) in [6.45, 7) is -0.341. The Hall–Kier alpha value is -2.65. The summed E-state index contributed by atoms with van der Waals surface area (Å²) in [5, 5.41) is 8.53. The fourth-order valence-electron chi connectivity index (χ4n) is 2.22. The Morgan fingerprint density at radius 1 is 1.26 bits per heavy atom. The molecule has 140 valence electrons. The minimum Gasteiger partial charge on any atom is -0.456 e. The number of para-hydroxylation sites is 1. The number of nitrogens with one attached hydrogen (secondary N) is 1. The van der Waals surface area contributed by atoms with Crippen molar-refractivity contribution in [3.05, 3.63) is 47.7 Å². The zero-order valence-corrected chi connectivity index (χ0v) is 16.1. The zero-order valence-electron chi connectivity index (χ0n) is 14.5. The van der Waals surface area contributed by atoms with Crippen LogP contribution in [0, 0.1) is 0 Å². The molecule has 0 saturated carbocycles. The average molecular weight is 403 g/mol. The van der Waals surface area contributed by atoms with Crippen molar-refractivity contribution in [3.63, 3.8) is 0 Å². The van der Waals surface area contributed by atoms with Gasteiger partial charge < -0.3 is 14.6 Å². The number of carbonyl (C=O) groups excluding carboxylic acids is 2. The molecule has 27 heavy (non-hydrogen) atoms. The van der Waals surface area contributed by atoms with Gasteiger partial charge in [0, 0.05) is 11.3 Å². The van der Waals surface area contributed by atoms with Gasteiger partial charge in [0.25, 0.3) is 5.91 Å². The first-order valence-corrected chi connectivity index (χ1v) is 10.2. The van der Waals surface area contributed by atoms with Gasteiger partial charge in [0.05, 0.1) is 17.0 Å². The minimum atomic E-state index is -0.501. The van der Waals surface area contributed by atoms with Gasteiger partial charge in [-0.2, -0.15) is 4.98 Å². The zero-order chi connectivity index (χ0) is 19.1. The SMILES string of the molecule is CSc1ccccc1NC(=O)COC(=O)CCc1nc(-c2cccs2)no1. The van der Waals surface area contributed by atoms with Crippen LogP contribution in [0.15, 0.2) is 51.2 Å². The van der Waals surface area contributed by atoms with E-state index in [1.54, 1.807) is 6.07 Å². The number of hydrogen-bond donors (Lipinski definition) is 1. The summed E-state index contributed by atoms with van der Waals surface area (Å²) in [5.74, 6) is -0.0318. The van der Waals surface area contributed by atoms with Gasteiger partial charge in [-0.1, -0.05) is 23.4 Å². The molecule has 1 N–H and O–H groups in total. The number of ether oxygens (including phenoxy) is 1. The molecule has 2 aromatic heterocycles. The molecule has 9 heteroatoms. The molecule has 7 nitrogen and oxygen atoms in total. The highest BCUT2D eigenvalue weighted by Crippen LogP contribution is 2.24. The highest BCUT2D eigenvalue weighted by Gasteiger charge is 2.13. The van der Waals surface area contributed by atoms with E-state index in [1.807, 2.05) is 42.0 Å². The number of thioether (sulfide) groups is 1. The van der Waals surface area contributed by atoms with Crippen molar-refractivity contribution in [1.29, 1.82) is 0 Å². The Balaban J connectivity index is 1.42. The molecule has 0 spiro atoms. The maximum absolute atomic E-state index is 12.0. The first-order valence-electron chi connectivity index (χ1n) is 8.10. The van der Waals surface area contributed by atoms with Crippen LogP contribution in [0.2, 0.25) is 0 Å². The van der Waals surface area contributed by atoms with Gasteiger partial charge in [0.2, 0.25) is 11.7 Å². The largest absolute Gasteiger partial charge is 0.456 e. The third-order valence-corrected chi connectivity index (χ3v) is 5.16. The number of hydrogen-bond acceptors (Lipinski definition) is 8. The highest BCUT2D eigenvalue weighted by atomic mass is 32.2. The summed E-state index contributed by atoms with van der Waals surface area (Å²) >= 11 is 3.03. The molecule has 1 amide bonds. The quantitative estimate of drug-likeness (QED) is 0.453. The summed E-state index contributed by atoms with van der Waals surface area (Å²) in [6, 6.07) is 11.2. The number of thiophene rings is 1. The predicted octanol–water partition coefficient (Wildman–Crippen LogP) is 3.63. The molecule has 0 fully saturated rings. The highest BCUT2D eigenvalue weighted by molar-refractivity contribution is 7.98. The van der Waals surface area contributed by atoms with Crippen LogP contribution in [-0.4, -0.2) is 34.9 Å². The van der Waals surface area contributed by atoms with Gasteiger partial charge >= 0.3 is 5.97 Å². The van der Waals surface area contributed by atoms with Crippen molar-refractivity contribution in [2.24, 2.45) is 0 Å². The number of carbonyl (C=O) groups is 2. The number of anilines is 1. The summed E-state index contributed by atoms with van der Waals surface area (Å²) in [4.78, 5) is 29.9. The number of benzene rings is 1. The van der Waals surface area contributed by atoms with Crippen LogP contribution in [0.25, 0.3) is 10.7 Å². The van der Waals surface area contributed by atoms with Gasteiger partial charge in [-0.3, -0.25) is 9.59 Å². The first kappa shape index (κ1) is 19.1. The molecule has 3 rings (SSSR count). The van der Waals surface area contributed by atoms with Crippen molar-refractivity contribution in [2.75, 3.05) is 18.2 Å². The number of aryl methyl sites for hydroxylation is 1. The van der Waals surface area contributed by atoms with Crippen LogP contribution in [0.1, 0.15) is 12.3 Å². The number of aromatic nitrogens is 2. The van der Waals surface area contributed by atoms with Gasteiger partial charge in [-0.15, -0.1) is 23.1 Å². The van der Waals surface area contributed by atoms with E-state index in [1.165, 1.54) is 23.1 Å². The molecule has 0 atom stereocenters. The third kappa shape index (κ3) is 5.41. The van der Waals surface area contributed by atoms with Crippen LogP contribution in [-0.2, 0) is 20.7 Å². The lowest BCUT2D eigenvalue weighted by Gasteiger charge is -2.09. The molecular weight excluding hydrogens is 386 g/mol. The Morgan fingerprint density at radius 3 is 2.89 bits per heavy atom. The molecule has 0 radical (unpaired) electrons. The number of rotatable bonds is 8. The lowest BCUT2D eigenvalue weighted by atomic mass is 10.3. The molecule has 0 saturated heterocycles. The fourth-order valence-corrected chi connectivity index (χ4v) is 3.43. The van der Waals surface area contributed by atoms with Crippen LogP contribution >= 0.6 is 23.1 Å². The number of nitrogens with zero attached hydrogens (tertiary/aromatic N) is 2. The van der Waals surface area contributed by atoms with E-state index in [4.69, 9.17) is 9.26 Å². The molecule has 0 bridgehead atoms. The van der Waals surface area contributed by atoms with Gasteiger partial charge in [-0.05, 0) is 29.8 Å². The molecule has 0 aliphatic heterocycles. The molecule has 0 aliphatic rings. The molecule has 0 unspecified atom stereocenters. The summed E-state index contributed by atoms with van der Waals surface area (Å²) in [6.07, 6.45) is 2.24. The second-order valence-corrected chi connectivity index (χ2v) is 7.19. The van der Waals surface area contributed by atoms with Crippen LogP contribution in [0.4, 0.5) is 5.69 Å². The molecule has 0 aliphatic carbocycles. The normalized spacial score (nSPS) is 10.6. The van der Waals surface area contributed by atoms with E-state index >= 15 is 0 Å². The second kappa shape index (κ2) is 9.33. The van der Waals surface area contributed by atoms with E-state index in [-0.39, 0.29) is 25.4 Å². The maximum atomic E-state index is 12.0. The summed E-state index contributed by atoms with van der Waals surface area (Å²) in [7, 11) is 0. The lowest BCUT2D eigenvalue weighted by molar-refractivity contribution is -0.147. The topological polar surface area (TPSA) is 94.3 Å². The Kier molecular flexibility index (Phi) is 6.61. The smallest absolute Gasteiger partial charge is 0.306 e.